The maximum Gasteiger partial charge on any atom is 0.323 e. The number of carbonyl (C=O) groups is 1. The van der Waals surface area contributed by atoms with Crippen molar-refractivity contribution < 1.29 is 14.3 Å². The highest BCUT2D eigenvalue weighted by atomic mass is 16.5. The first-order valence-electron chi connectivity index (χ1n) is 7.22. The molecule has 1 aliphatic rings. The molecule has 20 heavy (non-hydrogen) atoms. The molecule has 0 radical (unpaired) electrons. The molecule has 1 saturated heterocycles. The Hall–Kier alpha value is -1.55. The van der Waals surface area contributed by atoms with Gasteiger partial charge in [0.25, 0.3) is 0 Å². The smallest absolute Gasteiger partial charge is 0.323 e. The van der Waals surface area contributed by atoms with Gasteiger partial charge in [0.15, 0.2) is 0 Å². The predicted octanol–water partition coefficient (Wildman–Crippen LogP) is 2.40. The van der Waals surface area contributed by atoms with Crippen molar-refractivity contribution in [2.75, 3.05) is 26.8 Å². The third-order valence-corrected chi connectivity index (χ3v) is 3.78. The third kappa shape index (κ3) is 3.73. The second kappa shape index (κ2) is 7.29. The number of hydrogen-bond acceptors (Lipinski definition) is 4. The minimum atomic E-state index is -0.109. The Bertz CT molecular complexity index is 447. The molecule has 4 nitrogen and oxygen atoms in total. The predicted molar refractivity (Wildman–Crippen MR) is 77.9 cm³/mol. The number of likely N-dealkylation sites (tertiary alicyclic amines) is 1. The molecule has 0 aromatic heterocycles. The number of carbonyl (C=O) groups excluding carboxylic acids is 1. The van der Waals surface area contributed by atoms with Crippen LogP contribution in [0.15, 0.2) is 24.3 Å². The third-order valence-electron chi connectivity index (χ3n) is 3.78. The molecule has 1 fully saturated rings. The summed E-state index contributed by atoms with van der Waals surface area (Å²) in [5.74, 6) is 0.834. The van der Waals surface area contributed by atoms with Crippen molar-refractivity contribution in [3.8, 4) is 5.75 Å². The van der Waals surface area contributed by atoms with E-state index in [4.69, 9.17) is 9.47 Å². The Morgan fingerprint density at radius 1 is 1.40 bits per heavy atom. The maximum absolute atomic E-state index is 11.6. The Balaban J connectivity index is 1.73. The van der Waals surface area contributed by atoms with E-state index >= 15 is 0 Å². The zero-order chi connectivity index (χ0) is 14.4. The van der Waals surface area contributed by atoms with Gasteiger partial charge in [-0.15, -0.1) is 0 Å². The lowest BCUT2D eigenvalue weighted by molar-refractivity contribution is -0.145. The highest BCUT2D eigenvalue weighted by Crippen LogP contribution is 2.19. The molecule has 1 heterocycles. The number of rotatable bonds is 6. The lowest BCUT2D eigenvalue weighted by Crippen LogP contribution is -2.37. The van der Waals surface area contributed by atoms with Gasteiger partial charge in [0.05, 0.1) is 13.7 Å². The molecule has 0 saturated carbocycles. The van der Waals surface area contributed by atoms with E-state index in [1.54, 1.807) is 0 Å². The maximum atomic E-state index is 11.6. The molecule has 0 spiro atoms. The first-order valence-corrected chi connectivity index (χ1v) is 7.22. The molecule has 1 aromatic rings. The zero-order valence-corrected chi connectivity index (χ0v) is 12.3. The first kappa shape index (κ1) is 14.9. The van der Waals surface area contributed by atoms with Crippen molar-refractivity contribution in [2.24, 2.45) is 0 Å². The number of methoxy groups -OCH3 is 1. The van der Waals surface area contributed by atoms with E-state index in [0.717, 1.165) is 43.7 Å². The average Bonchev–Trinajstić information content (AvgIpc) is 2.93. The second-order valence-corrected chi connectivity index (χ2v) is 5.18. The number of hydrogen-bond donors (Lipinski definition) is 0. The molecule has 0 bridgehead atoms. The number of benzene rings is 1. The molecule has 0 N–H and O–H groups in total. The molecule has 1 unspecified atom stereocenters. The van der Waals surface area contributed by atoms with Crippen LogP contribution in [0.4, 0.5) is 0 Å². The fraction of sp³-hybridized carbons (Fsp3) is 0.562. The van der Waals surface area contributed by atoms with Crippen LogP contribution in [0.1, 0.15) is 24.8 Å². The van der Waals surface area contributed by atoms with Crippen LogP contribution in [0.2, 0.25) is 0 Å². The van der Waals surface area contributed by atoms with Gasteiger partial charge in [0.2, 0.25) is 0 Å². The van der Waals surface area contributed by atoms with Crippen LogP contribution in [0.25, 0.3) is 0 Å². The van der Waals surface area contributed by atoms with Crippen molar-refractivity contribution in [3.63, 3.8) is 0 Å². The van der Waals surface area contributed by atoms with Crippen LogP contribution in [-0.2, 0) is 9.53 Å². The van der Waals surface area contributed by atoms with E-state index in [9.17, 15) is 4.79 Å². The molecule has 1 aliphatic heterocycles. The SMILES string of the molecule is COC(=O)C1CCCN1CCCOc1ccccc1C. The zero-order valence-electron chi connectivity index (χ0n) is 12.3. The first-order chi connectivity index (χ1) is 9.72. The molecule has 0 amide bonds. The summed E-state index contributed by atoms with van der Waals surface area (Å²) in [5.41, 5.74) is 1.15. The van der Waals surface area contributed by atoms with E-state index in [1.165, 1.54) is 7.11 Å². The van der Waals surface area contributed by atoms with Crippen LogP contribution in [0, 0.1) is 6.92 Å². The van der Waals surface area contributed by atoms with Gasteiger partial charge in [0.1, 0.15) is 11.8 Å². The normalized spacial score (nSPS) is 19.0. The van der Waals surface area contributed by atoms with Crippen LogP contribution < -0.4 is 4.74 Å². The van der Waals surface area contributed by atoms with Crippen molar-refractivity contribution in [1.29, 1.82) is 0 Å². The standard InChI is InChI=1S/C16H23NO3/c1-13-7-3-4-9-15(13)20-12-6-11-17-10-5-8-14(17)16(18)19-2/h3-4,7,9,14H,5-6,8,10-12H2,1-2H3. The van der Waals surface area contributed by atoms with Crippen molar-refractivity contribution in [3.05, 3.63) is 29.8 Å². The Morgan fingerprint density at radius 2 is 2.20 bits per heavy atom. The summed E-state index contributed by atoms with van der Waals surface area (Å²) < 4.78 is 10.6. The summed E-state index contributed by atoms with van der Waals surface area (Å²) >= 11 is 0. The van der Waals surface area contributed by atoms with Gasteiger partial charge < -0.3 is 9.47 Å². The molecule has 1 atom stereocenters. The molecule has 2 rings (SSSR count). The van der Waals surface area contributed by atoms with Crippen LogP contribution in [0.5, 0.6) is 5.75 Å². The summed E-state index contributed by atoms with van der Waals surface area (Å²) in [6.07, 6.45) is 2.89. The summed E-state index contributed by atoms with van der Waals surface area (Å²) in [4.78, 5) is 13.8. The van der Waals surface area contributed by atoms with E-state index in [0.29, 0.717) is 6.61 Å². The van der Waals surface area contributed by atoms with Crippen molar-refractivity contribution in [1.82, 2.24) is 4.90 Å². The average molecular weight is 277 g/mol. The Morgan fingerprint density at radius 3 is 2.95 bits per heavy atom. The minimum absolute atomic E-state index is 0.0570. The van der Waals surface area contributed by atoms with Crippen molar-refractivity contribution in [2.45, 2.75) is 32.2 Å². The quantitative estimate of drug-likeness (QED) is 0.591. The topological polar surface area (TPSA) is 38.8 Å². The number of esters is 1. The largest absolute Gasteiger partial charge is 0.493 e. The van der Waals surface area contributed by atoms with Gasteiger partial charge in [-0.25, -0.2) is 0 Å². The summed E-state index contributed by atoms with van der Waals surface area (Å²) in [6, 6.07) is 7.97. The number of aryl methyl sites for hydroxylation is 1. The van der Waals surface area contributed by atoms with Gasteiger partial charge in [0, 0.05) is 6.54 Å². The lowest BCUT2D eigenvalue weighted by Gasteiger charge is -2.22. The fourth-order valence-electron chi connectivity index (χ4n) is 2.66. The molecule has 1 aromatic carbocycles. The lowest BCUT2D eigenvalue weighted by atomic mass is 10.2. The van der Waals surface area contributed by atoms with E-state index in [2.05, 4.69) is 4.90 Å². The minimum Gasteiger partial charge on any atom is -0.493 e. The highest BCUT2D eigenvalue weighted by molar-refractivity contribution is 5.75. The second-order valence-electron chi connectivity index (χ2n) is 5.18. The Kier molecular flexibility index (Phi) is 5.41. The summed E-state index contributed by atoms with van der Waals surface area (Å²) in [5, 5.41) is 0. The van der Waals surface area contributed by atoms with Gasteiger partial charge in [-0.05, 0) is 44.4 Å². The monoisotopic (exact) mass is 277 g/mol. The van der Waals surface area contributed by atoms with Crippen LogP contribution in [-0.4, -0.2) is 43.7 Å². The Labute approximate surface area is 120 Å². The molecule has 0 aliphatic carbocycles. The summed E-state index contributed by atoms with van der Waals surface area (Å²) in [6.45, 7) is 4.58. The molecular formula is C16H23NO3. The number of ether oxygens (including phenoxy) is 2. The van der Waals surface area contributed by atoms with E-state index in [1.807, 2.05) is 31.2 Å². The van der Waals surface area contributed by atoms with E-state index in [-0.39, 0.29) is 12.0 Å². The number of para-hydroxylation sites is 1. The fourth-order valence-corrected chi connectivity index (χ4v) is 2.66. The molecule has 110 valence electrons. The van der Waals surface area contributed by atoms with Crippen molar-refractivity contribution >= 4 is 5.97 Å². The van der Waals surface area contributed by atoms with Crippen LogP contribution >= 0.6 is 0 Å². The van der Waals surface area contributed by atoms with Gasteiger partial charge >= 0.3 is 5.97 Å². The van der Waals surface area contributed by atoms with Crippen LogP contribution in [0.3, 0.4) is 0 Å². The summed E-state index contributed by atoms with van der Waals surface area (Å²) in [7, 11) is 1.46. The van der Waals surface area contributed by atoms with Gasteiger partial charge in [-0.1, -0.05) is 18.2 Å². The van der Waals surface area contributed by atoms with Gasteiger partial charge in [-0.2, -0.15) is 0 Å². The highest BCUT2D eigenvalue weighted by Gasteiger charge is 2.30. The molecular weight excluding hydrogens is 254 g/mol. The van der Waals surface area contributed by atoms with E-state index < -0.39 is 0 Å². The van der Waals surface area contributed by atoms with Gasteiger partial charge in [-0.3, -0.25) is 9.69 Å². The number of nitrogens with zero attached hydrogens (tertiary/aromatic N) is 1. The molecule has 4 heteroatoms.